The van der Waals surface area contributed by atoms with E-state index in [1.807, 2.05) is 12.2 Å². The quantitative estimate of drug-likeness (QED) is 0.180. The summed E-state index contributed by atoms with van der Waals surface area (Å²) in [4.78, 5) is 48.1. The fourth-order valence-electron chi connectivity index (χ4n) is 3.70. The van der Waals surface area contributed by atoms with Crippen molar-refractivity contribution in [2.75, 3.05) is 26.4 Å². The number of ether oxygens (including phenoxy) is 4. The first kappa shape index (κ1) is 26.3. The van der Waals surface area contributed by atoms with E-state index in [-0.39, 0.29) is 36.2 Å². The first-order chi connectivity index (χ1) is 15.5. The van der Waals surface area contributed by atoms with Crippen LogP contribution in [-0.2, 0) is 38.1 Å². The normalized spacial score (nSPS) is 24.5. The number of esters is 4. The SMILES string of the molecule is C=C(C)C(=O)OCC(O)COC(=O)[C@@H]1[C@H](C(=O)OCC(O)COC(=O)C(=C)C)[C@@H]2C=C[C@H]1C2. The third-order valence-electron chi connectivity index (χ3n) is 5.35. The number of carbonyl (C=O) groups is 4. The predicted molar refractivity (Wildman–Crippen MR) is 113 cm³/mol. The molecule has 33 heavy (non-hydrogen) atoms. The summed E-state index contributed by atoms with van der Waals surface area (Å²) < 4.78 is 20.0. The van der Waals surface area contributed by atoms with Gasteiger partial charge in [-0.1, -0.05) is 25.3 Å². The van der Waals surface area contributed by atoms with Crippen LogP contribution in [0.5, 0.6) is 0 Å². The summed E-state index contributed by atoms with van der Waals surface area (Å²) in [5.74, 6) is -4.69. The Morgan fingerprint density at radius 1 is 0.758 bits per heavy atom. The lowest BCUT2D eigenvalue weighted by molar-refractivity contribution is -0.166. The molecule has 0 aromatic rings. The molecule has 2 rings (SSSR count). The highest BCUT2D eigenvalue weighted by Gasteiger charge is 2.53. The molecular weight excluding hydrogens is 436 g/mol. The Hall–Kier alpha value is -2.98. The van der Waals surface area contributed by atoms with Gasteiger partial charge in [-0.25, -0.2) is 9.59 Å². The van der Waals surface area contributed by atoms with E-state index in [4.69, 9.17) is 18.9 Å². The van der Waals surface area contributed by atoms with Crippen LogP contribution in [-0.4, -0.2) is 72.7 Å². The Bertz CT molecular complexity index is 763. The molecule has 2 unspecified atom stereocenters. The molecule has 0 heterocycles. The van der Waals surface area contributed by atoms with Gasteiger partial charge in [0.15, 0.2) is 0 Å². The smallest absolute Gasteiger partial charge is 0.333 e. The molecule has 10 nitrogen and oxygen atoms in total. The fourth-order valence-corrected chi connectivity index (χ4v) is 3.70. The summed E-state index contributed by atoms with van der Waals surface area (Å²) >= 11 is 0. The highest BCUT2D eigenvalue weighted by Crippen LogP contribution is 2.49. The second kappa shape index (κ2) is 11.8. The highest BCUT2D eigenvalue weighted by molar-refractivity contribution is 5.87. The number of hydrogen-bond donors (Lipinski definition) is 2. The van der Waals surface area contributed by atoms with Crippen molar-refractivity contribution >= 4 is 23.9 Å². The van der Waals surface area contributed by atoms with E-state index in [1.165, 1.54) is 13.8 Å². The zero-order valence-electron chi connectivity index (χ0n) is 18.7. The summed E-state index contributed by atoms with van der Waals surface area (Å²) in [6.45, 7) is 8.22. The van der Waals surface area contributed by atoms with Gasteiger partial charge in [0, 0.05) is 11.1 Å². The number of aliphatic hydroxyl groups excluding tert-OH is 2. The van der Waals surface area contributed by atoms with Crippen molar-refractivity contribution in [3.05, 3.63) is 36.5 Å². The molecule has 6 atom stereocenters. The predicted octanol–water partition coefficient (Wildman–Crippen LogP) is 0.472. The van der Waals surface area contributed by atoms with E-state index >= 15 is 0 Å². The molecular formula is C23H30O10. The number of hydrogen-bond acceptors (Lipinski definition) is 10. The van der Waals surface area contributed by atoms with Crippen LogP contribution in [0, 0.1) is 23.7 Å². The Kier molecular flexibility index (Phi) is 9.36. The van der Waals surface area contributed by atoms with Gasteiger partial charge in [-0.15, -0.1) is 0 Å². The van der Waals surface area contributed by atoms with Crippen LogP contribution >= 0.6 is 0 Å². The molecule has 0 spiro atoms. The zero-order valence-corrected chi connectivity index (χ0v) is 18.7. The Labute approximate surface area is 191 Å². The summed E-state index contributed by atoms with van der Waals surface area (Å²) in [6.07, 6.45) is 1.81. The Balaban J connectivity index is 1.85. The van der Waals surface area contributed by atoms with E-state index < -0.39 is 61.1 Å². The van der Waals surface area contributed by atoms with Gasteiger partial charge in [0.2, 0.25) is 0 Å². The topological polar surface area (TPSA) is 146 Å². The van der Waals surface area contributed by atoms with Gasteiger partial charge in [-0.3, -0.25) is 9.59 Å². The molecule has 0 radical (unpaired) electrons. The van der Waals surface area contributed by atoms with E-state index in [9.17, 15) is 29.4 Å². The van der Waals surface area contributed by atoms with E-state index in [0.29, 0.717) is 6.42 Å². The molecule has 182 valence electrons. The summed E-state index contributed by atoms with van der Waals surface area (Å²) in [5, 5.41) is 19.8. The lowest BCUT2D eigenvalue weighted by atomic mass is 9.83. The molecule has 0 aromatic heterocycles. The van der Waals surface area contributed by atoms with Gasteiger partial charge >= 0.3 is 23.9 Å². The van der Waals surface area contributed by atoms with Gasteiger partial charge in [-0.2, -0.15) is 0 Å². The second-order valence-electron chi connectivity index (χ2n) is 8.33. The van der Waals surface area contributed by atoms with Gasteiger partial charge < -0.3 is 29.2 Å². The molecule has 2 aliphatic rings. The average molecular weight is 466 g/mol. The van der Waals surface area contributed by atoms with Crippen LogP contribution in [0.1, 0.15) is 20.3 Å². The van der Waals surface area contributed by atoms with E-state index in [1.54, 1.807) is 0 Å². The van der Waals surface area contributed by atoms with Gasteiger partial charge in [0.1, 0.15) is 38.6 Å². The minimum absolute atomic E-state index is 0.174. The first-order valence-electron chi connectivity index (χ1n) is 10.5. The van der Waals surface area contributed by atoms with Gasteiger partial charge in [-0.05, 0) is 32.1 Å². The maximum absolute atomic E-state index is 12.7. The molecule has 2 bridgehead atoms. The molecule has 10 heteroatoms. The molecule has 0 aromatic carbocycles. The minimum atomic E-state index is -1.23. The Morgan fingerprint density at radius 2 is 1.09 bits per heavy atom. The zero-order chi connectivity index (χ0) is 24.7. The van der Waals surface area contributed by atoms with Crippen molar-refractivity contribution in [3.8, 4) is 0 Å². The van der Waals surface area contributed by atoms with Crippen LogP contribution in [0.3, 0.4) is 0 Å². The monoisotopic (exact) mass is 466 g/mol. The first-order valence-corrected chi connectivity index (χ1v) is 10.5. The lowest BCUT2D eigenvalue weighted by Crippen LogP contribution is -2.38. The van der Waals surface area contributed by atoms with Crippen molar-refractivity contribution in [2.24, 2.45) is 23.7 Å². The Morgan fingerprint density at radius 3 is 1.42 bits per heavy atom. The van der Waals surface area contributed by atoms with Crippen LogP contribution in [0.2, 0.25) is 0 Å². The van der Waals surface area contributed by atoms with Crippen molar-refractivity contribution in [2.45, 2.75) is 32.5 Å². The largest absolute Gasteiger partial charge is 0.463 e. The number of rotatable bonds is 12. The third-order valence-corrected chi connectivity index (χ3v) is 5.35. The second-order valence-corrected chi connectivity index (χ2v) is 8.33. The van der Waals surface area contributed by atoms with Gasteiger partial charge in [0.05, 0.1) is 11.8 Å². The van der Waals surface area contributed by atoms with Crippen LogP contribution in [0.15, 0.2) is 36.5 Å². The third kappa shape index (κ3) is 7.26. The van der Waals surface area contributed by atoms with Gasteiger partial charge in [0.25, 0.3) is 0 Å². The number of allylic oxidation sites excluding steroid dienone is 2. The number of aliphatic hydroxyl groups is 2. The van der Waals surface area contributed by atoms with Crippen molar-refractivity contribution in [3.63, 3.8) is 0 Å². The maximum Gasteiger partial charge on any atom is 0.333 e. The van der Waals surface area contributed by atoms with E-state index in [2.05, 4.69) is 13.2 Å². The molecule has 1 saturated carbocycles. The minimum Gasteiger partial charge on any atom is -0.463 e. The number of carbonyl (C=O) groups excluding carboxylic acids is 4. The number of fused-ring (bicyclic) bond motifs is 2. The maximum atomic E-state index is 12.7. The van der Waals surface area contributed by atoms with Crippen LogP contribution in [0.25, 0.3) is 0 Å². The lowest BCUT2D eigenvalue weighted by Gasteiger charge is -2.25. The highest BCUT2D eigenvalue weighted by atomic mass is 16.6. The van der Waals surface area contributed by atoms with Crippen molar-refractivity contribution in [1.82, 2.24) is 0 Å². The summed E-state index contributed by atoms with van der Waals surface area (Å²) in [7, 11) is 0. The summed E-state index contributed by atoms with van der Waals surface area (Å²) in [5.41, 5.74) is 0.349. The standard InChI is InChI=1S/C23H30O10/c1-12(2)20(26)30-8-16(24)10-32-22(28)18-14-5-6-15(7-14)19(18)23(29)33-11-17(25)9-31-21(27)13(3)4/h5-6,14-19,24-25H,1,3,7-11H2,2,4H3/t14-,15+,16?,17?,18-,19+. The van der Waals surface area contributed by atoms with E-state index in [0.717, 1.165) is 0 Å². The fraction of sp³-hybridized carbons (Fsp3) is 0.565. The van der Waals surface area contributed by atoms with Crippen molar-refractivity contribution in [1.29, 1.82) is 0 Å². The molecule has 1 fully saturated rings. The molecule has 2 aliphatic carbocycles. The average Bonchev–Trinajstić information content (AvgIpc) is 3.39. The van der Waals surface area contributed by atoms with Crippen LogP contribution in [0.4, 0.5) is 0 Å². The van der Waals surface area contributed by atoms with Crippen molar-refractivity contribution < 1.29 is 48.3 Å². The molecule has 0 aliphatic heterocycles. The molecule has 2 N–H and O–H groups in total. The summed E-state index contributed by atoms with van der Waals surface area (Å²) in [6, 6.07) is 0. The molecule has 0 amide bonds. The van der Waals surface area contributed by atoms with Crippen LogP contribution < -0.4 is 0 Å². The molecule has 0 saturated heterocycles.